The minimum atomic E-state index is -0.664. The molecule has 1 unspecified atom stereocenters. The van der Waals surface area contributed by atoms with Gasteiger partial charge in [0.25, 0.3) is 0 Å². The van der Waals surface area contributed by atoms with Crippen molar-refractivity contribution in [3.8, 4) is 0 Å². The lowest BCUT2D eigenvalue weighted by Crippen LogP contribution is -2.32. The minimum Gasteiger partial charge on any atom is -0.389 e. The number of rotatable bonds is 8. The highest BCUT2D eigenvalue weighted by atomic mass is 35.5. The Morgan fingerprint density at radius 1 is 1.43 bits per heavy atom. The highest BCUT2D eigenvalue weighted by molar-refractivity contribution is 6.29. The summed E-state index contributed by atoms with van der Waals surface area (Å²) in [6.07, 6.45) is 0.932. The number of ether oxygens (including phenoxy) is 1. The van der Waals surface area contributed by atoms with Gasteiger partial charge in [-0.25, -0.2) is 9.37 Å². The monoisotopic (exact) mass is 341 g/mol. The van der Waals surface area contributed by atoms with Gasteiger partial charge < -0.3 is 14.4 Å². The van der Waals surface area contributed by atoms with Crippen LogP contribution in [0, 0.1) is 5.82 Å². The second-order valence-corrected chi connectivity index (χ2v) is 5.90. The van der Waals surface area contributed by atoms with Gasteiger partial charge in [-0.3, -0.25) is 4.90 Å². The number of halogens is 2. The summed E-state index contributed by atoms with van der Waals surface area (Å²) < 4.78 is 20.6. The molecule has 1 heterocycles. The Bertz CT molecular complexity index is 636. The van der Waals surface area contributed by atoms with Crippen molar-refractivity contribution >= 4 is 11.6 Å². The molecule has 7 heteroatoms. The van der Waals surface area contributed by atoms with Crippen molar-refractivity contribution in [2.75, 3.05) is 20.2 Å². The third kappa shape index (κ3) is 5.28. The lowest BCUT2D eigenvalue weighted by atomic mass is 10.2. The molecule has 0 aliphatic rings. The quantitative estimate of drug-likeness (QED) is 0.800. The van der Waals surface area contributed by atoms with Gasteiger partial charge in [0.15, 0.2) is 0 Å². The molecule has 1 N–H and O–H groups in total. The summed E-state index contributed by atoms with van der Waals surface area (Å²) in [7, 11) is 3.72. The first-order chi connectivity index (χ1) is 11.0. The van der Waals surface area contributed by atoms with E-state index in [0.717, 1.165) is 5.82 Å². The van der Waals surface area contributed by atoms with Gasteiger partial charge in [0.2, 0.25) is 0 Å². The lowest BCUT2D eigenvalue weighted by Gasteiger charge is -2.20. The number of aromatic nitrogens is 2. The fourth-order valence-corrected chi connectivity index (χ4v) is 2.36. The highest BCUT2D eigenvalue weighted by Gasteiger charge is 2.12. The molecule has 23 heavy (non-hydrogen) atoms. The predicted molar refractivity (Wildman–Crippen MR) is 86.6 cm³/mol. The zero-order valence-electron chi connectivity index (χ0n) is 13.2. The average Bonchev–Trinajstić information content (AvgIpc) is 2.81. The fourth-order valence-electron chi connectivity index (χ4n) is 2.21. The van der Waals surface area contributed by atoms with E-state index in [1.54, 1.807) is 29.0 Å². The largest absolute Gasteiger partial charge is 0.389 e. The molecular weight excluding hydrogens is 321 g/mol. The fraction of sp³-hybridized carbons (Fsp3) is 0.438. The Morgan fingerprint density at radius 3 is 2.83 bits per heavy atom. The van der Waals surface area contributed by atoms with Crippen molar-refractivity contribution in [1.29, 1.82) is 0 Å². The smallest absolute Gasteiger partial charge is 0.128 e. The number of hydrogen-bond donors (Lipinski definition) is 1. The molecule has 0 radical (unpaired) electrons. The Morgan fingerprint density at radius 2 is 2.17 bits per heavy atom. The standard InChI is InChI=1S/C16H21ClFN3O2/c1-20(9-16-19-7-15(17)21(16)2)8-13(22)11-23-10-12-5-3-4-6-14(12)18/h3-7,13,22H,8-11H2,1-2H3. The third-order valence-corrected chi connectivity index (χ3v) is 3.84. The van der Waals surface area contributed by atoms with Crippen LogP contribution in [0.2, 0.25) is 5.15 Å². The van der Waals surface area contributed by atoms with Gasteiger partial charge in [-0.2, -0.15) is 0 Å². The topological polar surface area (TPSA) is 50.5 Å². The molecule has 5 nitrogen and oxygen atoms in total. The molecule has 0 spiro atoms. The summed E-state index contributed by atoms with van der Waals surface area (Å²) in [5.41, 5.74) is 0.482. The van der Waals surface area contributed by atoms with Crippen molar-refractivity contribution in [3.63, 3.8) is 0 Å². The van der Waals surface area contributed by atoms with Gasteiger partial charge in [0, 0.05) is 19.2 Å². The van der Waals surface area contributed by atoms with Gasteiger partial charge >= 0.3 is 0 Å². The van der Waals surface area contributed by atoms with E-state index in [9.17, 15) is 9.50 Å². The molecule has 0 aliphatic heterocycles. The maximum atomic E-state index is 13.4. The SMILES string of the molecule is CN(Cc1ncc(Cl)n1C)CC(O)COCc1ccccc1F. The van der Waals surface area contributed by atoms with Gasteiger partial charge in [0.1, 0.15) is 16.8 Å². The molecule has 1 aromatic carbocycles. The number of nitrogens with zero attached hydrogens (tertiary/aromatic N) is 3. The van der Waals surface area contributed by atoms with Gasteiger partial charge in [-0.05, 0) is 13.1 Å². The average molecular weight is 342 g/mol. The molecule has 1 atom stereocenters. The molecule has 2 rings (SSSR count). The van der Waals surface area contributed by atoms with Crippen LogP contribution < -0.4 is 0 Å². The summed E-state index contributed by atoms with van der Waals surface area (Å²) in [5, 5.41) is 10.6. The first kappa shape index (κ1) is 17.9. The molecule has 0 saturated heterocycles. The van der Waals surface area contributed by atoms with Crippen LogP contribution in [0.4, 0.5) is 4.39 Å². The van der Waals surface area contributed by atoms with Gasteiger partial charge in [-0.1, -0.05) is 29.8 Å². The van der Waals surface area contributed by atoms with Crippen molar-refractivity contribution < 1.29 is 14.2 Å². The summed E-state index contributed by atoms with van der Waals surface area (Å²) in [6.45, 7) is 1.26. The first-order valence-corrected chi connectivity index (χ1v) is 7.69. The first-order valence-electron chi connectivity index (χ1n) is 7.31. The Hall–Kier alpha value is -1.47. The number of hydrogen-bond acceptors (Lipinski definition) is 4. The zero-order valence-corrected chi connectivity index (χ0v) is 14.0. The summed E-state index contributed by atoms with van der Waals surface area (Å²) in [5.74, 6) is 0.516. The Kier molecular flexibility index (Phi) is 6.53. The third-order valence-electron chi connectivity index (χ3n) is 3.49. The van der Waals surface area contributed by atoms with Crippen LogP contribution in [-0.2, 0) is 24.9 Å². The van der Waals surface area contributed by atoms with Crippen molar-refractivity contribution in [2.45, 2.75) is 19.3 Å². The normalized spacial score (nSPS) is 12.8. The zero-order chi connectivity index (χ0) is 16.8. The summed E-state index contributed by atoms with van der Waals surface area (Å²) in [6, 6.07) is 6.44. The molecule has 126 valence electrons. The van der Waals surface area contributed by atoms with Crippen molar-refractivity contribution in [1.82, 2.24) is 14.5 Å². The lowest BCUT2D eigenvalue weighted by molar-refractivity contribution is 0.0115. The minimum absolute atomic E-state index is 0.139. The van der Waals surface area contributed by atoms with Crippen LogP contribution in [0.1, 0.15) is 11.4 Å². The highest BCUT2D eigenvalue weighted by Crippen LogP contribution is 2.11. The summed E-state index contributed by atoms with van der Waals surface area (Å²) >= 11 is 5.94. The number of likely N-dealkylation sites (N-methyl/N-ethyl adjacent to an activating group) is 1. The van der Waals surface area contributed by atoms with E-state index in [0.29, 0.717) is 23.8 Å². The van der Waals surface area contributed by atoms with Crippen LogP contribution in [0.5, 0.6) is 0 Å². The van der Waals surface area contributed by atoms with Crippen molar-refractivity contribution in [3.05, 3.63) is 52.8 Å². The Labute approximate surface area is 140 Å². The second-order valence-electron chi connectivity index (χ2n) is 5.51. The molecule has 2 aromatic rings. The van der Waals surface area contributed by atoms with Crippen LogP contribution in [0.3, 0.4) is 0 Å². The molecule has 0 aliphatic carbocycles. The van der Waals surface area contributed by atoms with Crippen LogP contribution >= 0.6 is 11.6 Å². The van der Waals surface area contributed by atoms with E-state index in [4.69, 9.17) is 16.3 Å². The van der Waals surface area contributed by atoms with E-state index >= 15 is 0 Å². The van der Waals surface area contributed by atoms with Crippen LogP contribution in [0.25, 0.3) is 0 Å². The van der Waals surface area contributed by atoms with Gasteiger partial charge in [0.05, 0.1) is 32.1 Å². The number of aliphatic hydroxyl groups excluding tert-OH is 1. The Balaban J connectivity index is 1.73. The van der Waals surface area contributed by atoms with E-state index in [1.165, 1.54) is 6.07 Å². The molecule has 0 bridgehead atoms. The molecule has 0 saturated carbocycles. The van der Waals surface area contributed by atoms with Crippen LogP contribution in [-0.4, -0.2) is 45.9 Å². The predicted octanol–water partition coefficient (Wildman–Crippen LogP) is 2.22. The number of benzene rings is 1. The van der Waals surface area contributed by atoms with Crippen LogP contribution in [0.15, 0.2) is 30.5 Å². The molecule has 0 amide bonds. The number of aliphatic hydroxyl groups is 1. The molecular formula is C16H21ClFN3O2. The van der Waals surface area contributed by atoms with E-state index in [1.807, 2.05) is 19.0 Å². The number of imidazole rings is 1. The van der Waals surface area contributed by atoms with Crippen molar-refractivity contribution in [2.24, 2.45) is 7.05 Å². The van der Waals surface area contributed by atoms with E-state index in [2.05, 4.69) is 4.98 Å². The molecule has 1 aromatic heterocycles. The van der Waals surface area contributed by atoms with E-state index < -0.39 is 6.10 Å². The maximum Gasteiger partial charge on any atom is 0.128 e. The second kappa shape index (κ2) is 8.40. The molecule has 0 fully saturated rings. The maximum absolute atomic E-state index is 13.4. The van der Waals surface area contributed by atoms with E-state index in [-0.39, 0.29) is 19.0 Å². The van der Waals surface area contributed by atoms with Gasteiger partial charge in [-0.15, -0.1) is 0 Å². The summed E-state index contributed by atoms with van der Waals surface area (Å²) in [4.78, 5) is 6.14.